The van der Waals surface area contributed by atoms with Crippen molar-refractivity contribution in [1.29, 1.82) is 0 Å². The summed E-state index contributed by atoms with van der Waals surface area (Å²) >= 11 is 16.0. The summed E-state index contributed by atoms with van der Waals surface area (Å²) in [7, 11) is 0. The van der Waals surface area contributed by atoms with Gasteiger partial charge >= 0.3 is 0 Å². The van der Waals surface area contributed by atoms with Crippen molar-refractivity contribution >= 4 is 64.4 Å². The van der Waals surface area contributed by atoms with Gasteiger partial charge in [-0.1, -0.05) is 0 Å². The van der Waals surface area contributed by atoms with Gasteiger partial charge in [0.1, 0.15) is 0 Å². The van der Waals surface area contributed by atoms with Crippen molar-refractivity contribution in [2.75, 3.05) is 0 Å². The predicted octanol–water partition coefficient (Wildman–Crippen LogP) is 1.45. The number of halogens is 3. The fourth-order valence-corrected chi connectivity index (χ4v) is 0.913. The van der Waals surface area contributed by atoms with E-state index in [-0.39, 0.29) is 45.4 Å². The Morgan fingerprint density at radius 2 is 0.900 bits per heavy atom. The van der Waals surface area contributed by atoms with Gasteiger partial charge in [-0.05, 0) is 34.8 Å². The fraction of sp³-hybridized carbons (Fsp3) is 0. The summed E-state index contributed by atoms with van der Waals surface area (Å²) in [6, 6.07) is 0. The number of hydrogen-bond donors (Lipinski definition) is 0. The summed E-state index contributed by atoms with van der Waals surface area (Å²) < 4.78 is 0. The van der Waals surface area contributed by atoms with E-state index in [2.05, 4.69) is 15.0 Å². The van der Waals surface area contributed by atoms with E-state index in [1.165, 1.54) is 0 Å². The summed E-state index contributed by atoms with van der Waals surface area (Å²) in [4.78, 5) is 10.4. The zero-order valence-corrected chi connectivity index (χ0v) is 9.24. The summed E-state index contributed by atoms with van der Waals surface area (Å²) in [5, 5.41) is 0.00000000000000178. The molecule has 0 amide bonds. The van der Waals surface area contributed by atoms with Crippen LogP contribution in [0.3, 0.4) is 0 Å². The van der Waals surface area contributed by atoms with E-state index in [9.17, 15) is 0 Å². The summed E-state index contributed by atoms with van der Waals surface area (Å²) in [5.41, 5.74) is 0. The average Bonchev–Trinajstić information content (AvgIpc) is 1.59. The predicted molar refractivity (Wildman–Crippen MR) is 40.6 cm³/mol. The van der Waals surface area contributed by atoms with E-state index in [0.717, 1.165) is 0 Å². The summed E-state index contributed by atoms with van der Waals surface area (Å²) in [6.45, 7) is 0. The average molecular weight is 207 g/mol. The van der Waals surface area contributed by atoms with Gasteiger partial charge in [-0.15, -0.1) is 0 Å². The van der Waals surface area contributed by atoms with Crippen molar-refractivity contribution in [1.82, 2.24) is 15.0 Å². The molecule has 0 aliphatic carbocycles. The third-order valence-corrected chi connectivity index (χ3v) is 1.06. The van der Waals surface area contributed by atoms with E-state index >= 15 is 0 Å². The molecule has 3 nitrogen and oxygen atoms in total. The molecule has 0 aliphatic rings. The number of hydrogen-bond acceptors (Lipinski definition) is 3. The Morgan fingerprint density at radius 1 is 0.700 bits per heavy atom. The summed E-state index contributed by atoms with van der Waals surface area (Å²) in [5.74, 6) is 0. The van der Waals surface area contributed by atoms with E-state index in [1.54, 1.807) is 0 Å². The largest absolute Gasteiger partial charge is 0.227 e. The Balaban J connectivity index is 0.000000810. The standard InChI is InChI=1S/C3Cl3N3.Na/c4-1-7-2(5)9-3(6)8-1;. The van der Waals surface area contributed by atoms with Crippen molar-refractivity contribution in [3.05, 3.63) is 15.9 Å². The van der Waals surface area contributed by atoms with Crippen LogP contribution in [-0.2, 0) is 0 Å². The third kappa shape index (κ3) is 3.32. The molecule has 1 aromatic rings. The van der Waals surface area contributed by atoms with Crippen LogP contribution in [0.2, 0.25) is 15.9 Å². The Hall–Kier alpha value is 0.880. The van der Waals surface area contributed by atoms with Gasteiger partial charge in [-0.3, -0.25) is 0 Å². The molecule has 0 unspecified atom stereocenters. The first-order valence-electron chi connectivity index (χ1n) is 1.91. The molecular formula is C3Cl3N3Na. The zero-order valence-electron chi connectivity index (χ0n) is 4.98. The minimum atomic E-state index is 0. The van der Waals surface area contributed by atoms with Crippen LogP contribution < -0.4 is 0 Å². The Bertz CT molecular complexity index is 180. The maximum absolute atomic E-state index is 5.32. The van der Waals surface area contributed by atoms with Crippen LogP contribution in [0, 0.1) is 0 Å². The van der Waals surface area contributed by atoms with Crippen LogP contribution in [0.25, 0.3) is 0 Å². The van der Waals surface area contributed by atoms with E-state index in [4.69, 9.17) is 34.8 Å². The van der Waals surface area contributed by atoms with E-state index in [0.29, 0.717) is 0 Å². The normalized spacial score (nSPS) is 8.70. The SMILES string of the molecule is Clc1nc(Cl)nc(Cl)n1.[Na]. The minimum Gasteiger partial charge on any atom is -0.187 e. The maximum Gasteiger partial charge on any atom is 0.227 e. The molecule has 10 heavy (non-hydrogen) atoms. The monoisotopic (exact) mass is 206 g/mol. The minimum absolute atomic E-state index is 0. The van der Waals surface area contributed by atoms with Gasteiger partial charge in [0.2, 0.25) is 15.9 Å². The molecule has 0 atom stereocenters. The second-order valence-electron chi connectivity index (χ2n) is 1.14. The first kappa shape index (κ1) is 10.9. The Morgan fingerprint density at radius 3 is 1.10 bits per heavy atom. The van der Waals surface area contributed by atoms with E-state index < -0.39 is 0 Å². The molecule has 0 aliphatic heterocycles. The molecular weight excluding hydrogens is 207 g/mol. The molecule has 0 saturated carbocycles. The van der Waals surface area contributed by atoms with Crippen molar-refractivity contribution in [3.63, 3.8) is 0 Å². The second-order valence-corrected chi connectivity index (χ2v) is 2.16. The molecule has 7 heteroatoms. The molecule has 0 N–H and O–H groups in total. The number of aromatic nitrogens is 3. The molecule has 1 rings (SSSR count). The zero-order chi connectivity index (χ0) is 6.85. The molecule has 0 aromatic carbocycles. The first-order valence-corrected chi connectivity index (χ1v) is 3.04. The van der Waals surface area contributed by atoms with Gasteiger partial charge in [0.25, 0.3) is 0 Å². The van der Waals surface area contributed by atoms with Gasteiger partial charge in [0.15, 0.2) is 0 Å². The number of rotatable bonds is 0. The molecule has 1 heterocycles. The van der Waals surface area contributed by atoms with Crippen molar-refractivity contribution < 1.29 is 0 Å². The molecule has 1 radical (unpaired) electrons. The number of nitrogens with zero attached hydrogens (tertiary/aromatic N) is 3. The van der Waals surface area contributed by atoms with Crippen molar-refractivity contribution in [2.45, 2.75) is 0 Å². The quantitative estimate of drug-likeness (QED) is 0.605. The second kappa shape index (κ2) is 4.70. The van der Waals surface area contributed by atoms with Crippen LogP contribution in [0.15, 0.2) is 0 Å². The van der Waals surface area contributed by atoms with Crippen LogP contribution in [-0.4, -0.2) is 44.5 Å². The molecule has 0 bridgehead atoms. The maximum atomic E-state index is 5.32. The topological polar surface area (TPSA) is 38.7 Å². The molecule has 0 saturated heterocycles. The first-order chi connectivity index (χ1) is 4.18. The van der Waals surface area contributed by atoms with Crippen LogP contribution in [0.5, 0.6) is 0 Å². The smallest absolute Gasteiger partial charge is 0.187 e. The Kier molecular flexibility index (Phi) is 5.11. The van der Waals surface area contributed by atoms with Crippen molar-refractivity contribution in [2.24, 2.45) is 0 Å². The third-order valence-electron chi connectivity index (χ3n) is 0.554. The fourth-order valence-electron chi connectivity index (χ4n) is 0.303. The van der Waals surface area contributed by atoms with Crippen LogP contribution >= 0.6 is 34.8 Å². The molecule has 1 aromatic heterocycles. The van der Waals surface area contributed by atoms with E-state index in [1.807, 2.05) is 0 Å². The van der Waals surface area contributed by atoms with Gasteiger partial charge in [0, 0.05) is 29.6 Å². The van der Waals surface area contributed by atoms with Crippen molar-refractivity contribution in [3.8, 4) is 0 Å². The van der Waals surface area contributed by atoms with Crippen LogP contribution in [0.1, 0.15) is 0 Å². The molecule has 0 spiro atoms. The van der Waals surface area contributed by atoms with Gasteiger partial charge < -0.3 is 0 Å². The van der Waals surface area contributed by atoms with Gasteiger partial charge in [-0.25, -0.2) is 0 Å². The van der Waals surface area contributed by atoms with Gasteiger partial charge in [0.05, 0.1) is 0 Å². The van der Waals surface area contributed by atoms with Crippen LogP contribution in [0.4, 0.5) is 0 Å². The molecule has 49 valence electrons. The van der Waals surface area contributed by atoms with Gasteiger partial charge in [-0.2, -0.15) is 15.0 Å². The summed E-state index contributed by atoms with van der Waals surface area (Å²) in [6.07, 6.45) is 0. The molecule has 0 fully saturated rings. The Labute approximate surface area is 94.4 Å².